The highest BCUT2D eigenvalue weighted by atomic mass is 16.3. The third-order valence-corrected chi connectivity index (χ3v) is 5.51. The molecule has 21 heavy (non-hydrogen) atoms. The Hall–Kier alpha value is -0.610. The molecule has 0 spiro atoms. The first kappa shape index (κ1) is 16.8. The van der Waals surface area contributed by atoms with Gasteiger partial charge >= 0.3 is 0 Å². The molecule has 0 radical (unpaired) electrons. The van der Waals surface area contributed by atoms with E-state index < -0.39 is 5.60 Å². The van der Waals surface area contributed by atoms with E-state index >= 15 is 0 Å². The molecule has 0 aromatic carbocycles. The van der Waals surface area contributed by atoms with Gasteiger partial charge in [0.2, 0.25) is 5.91 Å². The molecule has 3 N–H and O–H groups in total. The fourth-order valence-corrected chi connectivity index (χ4v) is 3.69. The minimum Gasteiger partial charge on any atom is -0.388 e. The number of carbonyl (C=O) groups excluding carboxylic acids is 1. The van der Waals surface area contributed by atoms with Crippen molar-refractivity contribution in [3.8, 4) is 0 Å². The first-order valence-electron chi connectivity index (χ1n) is 8.65. The summed E-state index contributed by atoms with van der Waals surface area (Å²) in [7, 11) is 0. The molecule has 4 heteroatoms. The highest BCUT2D eigenvalue weighted by Gasteiger charge is 2.38. The lowest BCUT2D eigenvalue weighted by Crippen LogP contribution is -2.51. The van der Waals surface area contributed by atoms with Gasteiger partial charge in [-0.2, -0.15) is 0 Å². The summed E-state index contributed by atoms with van der Waals surface area (Å²) in [6.07, 6.45) is 8.44. The average molecular weight is 296 g/mol. The summed E-state index contributed by atoms with van der Waals surface area (Å²) in [6, 6.07) is 0. The first-order chi connectivity index (χ1) is 9.94. The molecule has 1 aliphatic heterocycles. The normalized spacial score (nSPS) is 26.9. The second kappa shape index (κ2) is 7.10. The zero-order valence-corrected chi connectivity index (χ0v) is 13.7. The van der Waals surface area contributed by atoms with Crippen molar-refractivity contribution in [3.05, 3.63) is 0 Å². The topological polar surface area (TPSA) is 61.4 Å². The van der Waals surface area contributed by atoms with Crippen LogP contribution in [-0.4, -0.2) is 36.2 Å². The minimum absolute atomic E-state index is 0.0915. The number of amides is 1. The summed E-state index contributed by atoms with van der Waals surface area (Å²) in [5, 5.41) is 17.1. The second-order valence-electron chi connectivity index (χ2n) is 7.59. The van der Waals surface area contributed by atoms with E-state index in [9.17, 15) is 9.90 Å². The lowest BCUT2D eigenvalue weighted by Gasteiger charge is -2.37. The molecule has 0 aromatic heterocycles. The number of rotatable bonds is 4. The molecule has 1 heterocycles. The molecule has 0 aromatic rings. The second-order valence-corrected chi connectivity index (χ2v) is 7.59. The van der Waals surface area contributed by atoms with E-state index in [0.717, 1.165) is 51.6 Å². The Labute approximate surface area is 129 Å². The molecule has 0 bridgehead atoms. The summed E-state index contributed by atoms with van der Waals surface area (Å²) in [6.45, 7) is 6.47. The van der Waals surface area contributed by atoms with Gasteiger partial charge in [0, 0.05) is 12.0 Å². The average Bonchev–Trinajstić information content (AvgIpc) is 2.71. The monoisotopic (exact) mass is 296 g/mol. The fourth-order valence-electron chi connectivity index (χ4n) is 3.69. The molecule has 1 aliphatic carbocycles. The fraction of sp³-hybridized carbons (Fsp3) is 0.941. The molecule has 2 aliphatic rings. The number of hydrogen-bond acceptors (Lipinski definition) is 3. The van der Waals surface area contributed by atoms with Crippen LogP contribution in [0.5, 0.6) is 0 Å². The maximum absolute atomic E-state index is 12.6. The van der Waals surface area contributed by atoms with Crippen LogP contribution in [0.3, 0.4) is 0 Å². The van der Waals surface area contributed by atoms with E-state index in [1.807, 2.05) is 13.8 Å². The van der Waals surface area contributed by atoms with Crippen LogP contribution in [0.25, 0.3) is 0 Å². The molecular weight excluding hydrogens is 264 g/mol. The van der Waals surface area contributed by atoms with E-state index in [-0.39, 0.29) is 11.3 Å². The van der Waals surface area contributed by atoms with Crippen LogP contribution in [0.1, 0.15) is 65.2 Å². The maximum atomic E-state index is 12.6. The standard InChI is InChI=1S/C17H32N2O2/c1-16(2,14-8-7-11-18-12-14)15(20)19-13-17(21)9-5-3-4-6-10-17/h14,18,21H,3-13H2,1-2H3,(H,19,20). The summed E-state index contributed by atoms with van der Waals surface area (Å²) < 4.78 is 0. The Morgan fingerprint density at radius 2 is 1.90 bits per heavy atom. The molecular formula is C17H32N2O2. The Morgan fingerprint density at radius 3 is 2.48 bits per heavy atom. The van der Waals surface area contributed by atoms with Gasteiger partial charge in [-0.25, -0.2) is 0 Å². The Kier molecular flexibility index (Phi) is 5.67. The molecule has 1 unspecified atom stereocenters. The molecule has 2 fully saturated rings. The van der Waals surface area contributed by atoms with Gasteiger partial charge in [0.05, 0.1) is 5.60 Å². The van der Waals surface area contributed by atoms with Crippen LogP contribution in [0.2, 0.25) is 0 Å². The molecule has 1 amide bonds. The van der Waals surface area contributed by atoms with Gasteiger partial charge in [-0.1, -0.05) is 39.5 Å². The summed E-state index contributed by atoms with van der Waals surface area (Å²) in [5.41, 5.74) is -1.05. The smallest absolute Gasteiger partial charge is 0.226 e. The van der Waals surface area contributed by atoms with E-state index in [0.29, 0.717) is 12.5 Å². The highest BCUT2D eigenvalue weighted by molar-refractivity contribution is 5.82. The van der Waals surface area contributed by atoms with E-state index in [1.165, 1.54) is 12.8 Å². The van der Waals surface area contributed by atoms with Crippen molar-refractivity contribution >= 4 is 5.91 Å². The quantitative estimate of drug-likeness (QED) is 0.697. The van der Waals surface area contributed by atoms with Crippen molar-refractivity contribution < 1.29 is 9.90 Å². The van der Waals surface area contributed by atoms with Crippen LogP contribution in [0.4, 0.5) is 0 Å². The molecule has 4 nitrogen and oxygen atoms in total. The van der Waals surface area contributed by atoms with Gasteiger partial charge in [-0.3, -0.25) is 4.79 Å². The molecule has 1 atom stereocenters. The SMILES string of the molecule is CC(C)(C(=O)NCC1(O)CCCCCC1)C1CCCNC1. The summed E-state index contributed by atoms with van der Waals surface area (Å²) in [4.78, 5) is 12.6. The van der Waals surface area contributed by atoms with Crippen LogP contribution >= 0.6 is 0 Å². The van der Waals surface area contributed by atoms with Gasteiger partial charge in [-0.15, -0.1) is 0 Å². The predicted octanol–water partition coefficient (Wildman–Crippen LogP) is 2.21. The Bertz CT molecular complexity index is 341. The lowest BCUT2D eigenvalue weighted by molar-refractivity contribution is -0.134. The molecule has 122 valence electrons. The van der Waals surface area contributed by atoms with Gasteiger partial charge in [-0.05, 0) is 44.7 Å². The van der Waals surface area contributed by atoms with Gasteiger partial charge in [0.15, 0.2) is 0 Å². The lowest BCUT2D eigenvalue weighted by atomic mass is 9.74. The molecule has 1 saturated heterocycles. The van der Waals surface area contributed by atoms with Crippen molar-refractivity contribution in [1.82, 2.24) is 10.6 Å². The van der Waals surface area contributed by atoms with Crippen LogP contribution in [-0.2, 0) is 4.79 Å². The Balaban J connectivity index is 1.87. The van der Waals surface area contributed by atoms with Gasteiger partial charge in [0.1, 0.15) is 0 Å². The van der Waals surface area contributed by atoms with Gasteiger partial charge < -0.3 is 15.7 Å². The molecule has 1 saturated carbocycles. The third-order valence-electron chi connectivity index (χ3n) is 5.51. The van der Waals surface area contributed by atoms with E-state index in [1.54, 1.807) is 0 Å². The van der Waals surface area contributed by atoms with Gasteiger partial charge in [0.25, 0.3) is 0 Å². The van der Waals surface area contributed by atoms with Crippen molar-refractivity contribution in [2.75, 3.05) is 19.6 Å². The van der Waals surface area contributed by atoms with Crippen LogP contribution in [0, 0.1) is 11.3 Å². The van der Waals surface area contributed by atoms with E-state index in [2.05, 4.69) is 10.6 Å². The zero-order valence-electron chi connectivity index (χ0n) is 13.7. The van der Waals surface area contributed by atoms with Crippen molar-refractivity contribution in [2.45, 2.75) is 70.8 Å². The molecule has 2 rings (SSSR count). The maximum Gasteiger partial charge on any atom is 0.226 e. The largest absolute Gasteiger partial charge is 0.388 e. The predicted molar refractivity (Wildman–Crippen MR) is 85.0 cm³/mol. The van der Waals surface area contributed by atoms with Crippen molar-refractivity contribution in [2.24, 2.45) is 11.3 Å². The summed E-state index contributed by atoms with van der Waals surface area (Å²) >= 11 is 0. The summed E-state index contributed by atoms with van der Waals surface area (Å²) in [5.74, 6) is 0.476. The number of aliphatic hydroxyl groups is 1. The first-order valence-corrected chi connectivity index (χ1v) is 8.65. The Morgan fingerprint density at radius 1 is 1.24 bits per heavy atom. The zero-order chi connectivity index (χ0) is 15.3. The minimum atomic E-state index is -0.687. The number of carbonyl (C=O) groups is 1. The number of piperidine rings is 1. The van der Waals surface area contributed by atoms with E-state index in [4.69, 9.17) is 0 Å². The number of hydrogen-bond donors (Lipinski definition) is 3. The number of nitrogens with one attached hydrogen (secondary N) is 2. The van der Waals surface area contributed by atoms with Crippen molar-refractivity contribution in [1.29, 1.82) is 0 Å². The third kappa shape index (κ3) is 4.43. The highest BCUT2D eigenvalue weighted by Crippen LogP contribution is 2.32. The van der Waals surface area contributed by atoms with Crippen LogP contribution < -0.4 is 10.6 Å². The van der Waals surface area contributed by atoms with Crippen LogP contribution in [0.15, 0.2) is 0 Å². The van der Waals surface area contributed by atoms with Crippen molar-refractivity contribution in [3.63, 3.8) is 0 Å².